The van der Waals surface area contributed by atoms with E-state index in [0.29, 0.717) is 10.7 Å². The summed E-state index contributed by atoms with van der Waals surface area (Å²) in [5.41, 5.74) is 1.85. The van der Waals surface area contributed by atoms with Crippen LogP contribution < -0.4 is 10.2 Å². The van der Waals surface area contributed by atoms with Crippen LogP contribution in [0.5, 0.6) is 0 Å². The Morgan fingerprint density at radius 1 is 1.30 bits per heavy atom. The van der Waals surface area contributed by atoms with Crippen molar-refractivity contribution in [2.45, 2.75) is 30.5 Å². The number of alkyl halides is 1. The van der Waals surface area contributed by atoms with E-state index in [4.69, 9.17) is 0 Å². The standard InChI is InChI=1S/C16H23BrN2O/c1-19(2)15-8-6-13(7-9-15)16(20)18-11-12-4-3-5-14(17)10-12/h6-9,12,14H,3-5,10-11H2,1-2H3,(H,18,20). The van der Waals surface area contributed by atoms with Gasteiger partial charge in [0.2, 0.25) is 0 Å². The summed E-state index contributed by atoms with van der Waals surface area (Å²) >= 11 is 3.68. The lowest BCUT2D eigenvalue weighted by atomic mass is 9.89. The number of hydrogen-bond acceptors (Lipinski definition) is 2. The first kappa shape index (κ1) is 15.4. The van der Waals surface area contributed by atoms with Gasteiger partial charge < -0.3 is 10.2 Å². The van der Waals surface area contributed by atoms with E-state index < -0.39 is 0 Å². The van der Waals surface area contributed by atoms with Gasteiger partial charge in [-0.05, 0) is 49.4 Å². The van der Waals surface area contributed by atoms with E-state index in [1.807, 2.05) is 43.3 Å². The number of benzene rings is 1. The molecule has 1 aromatic rings. The number of carbonyl (C=O) groups is 1. The monoisotopic (exact) mass is 338 g/mol. The summed E-state index contributed by atoms with van der Waals surface area (Å²) < 4.78 is 0. The van der Waals surface area contributed by atoms with Gasteiger partial charge in [-0.15, -0.1) is 0 Å². The Morgan fingerprint density at radius 2 is 2.00 bits per heavy atom. The molecule has 0 bridgehead atoms. The molecule has 3 nitrogen and oxygen atoms in total. The van der Waals surface area contributed by atoms with E-state index >= 15 is 0 Å². The normalized spacial score (nSPS) is 22.4. The van der Waals surface area contributed by atoms with Crippen molar-refractivity contribution < 1.29 is 4.79 Å². The second-order valence-electron chi connectivity index (χ2n) is 5.78. The van der Waals surface area contributed by atoms with Gasteiger partial charge in [-0.1, -0.05) is 22.4 Å². The second-order valence-corrected chi connectivity index (χ2v) is 7.08. The minimum absolute atomic E-state index is 0.0343. The summed E-state index contributed by atoms with van der Waals surface area (Å²) in [5.74, 6) is 0.644. The molecule has 0 aliphatic heterocycles. The van der Waals surface area contributed by atoms with Crippen molar-refractivity contribution in [3.05, 3.63) is 29.8 Å². The number of nitrogens with one attached hydrogen (secondary N) is 1. The Labute approximate surface area is 129 Å². The molecule has 1 aliphatic rings. The average molecular weight is 339 g/mol. The van der Waals surface area contributed by atoms with E-state index in [-0.39, 0.29) is 5.91 Å². The molecule has 2 atom stereocenters. The number of anilines is 1. The van der Waals surface area contributed by atoms with Crippen molar-refractivity contribution in [3.63, 3.8) is 0 Å². The Hall–Kier alpha value is -1.03. The molecule has 0 saturated heterocycles. The largest absolute Gasteiger partial charge is 0.378 e. The van der Waals surface area contributed by atoms with Crippen LogP contribution >= 0.6 is 15.9 Å². The number of amides is 1. The highest BCUT2D eigenvalue weighted by Crippen LogP contribution is 2.28. The number of carbonyl (C=O) groups excluding carboxylic acids is 1. The van der Waals surface area contributed by atoms with Crippen LogP contribution in [-0.4, -0.2) is 31.4 Å². The lowest BCUT2D eigenvalue weighted by Crippen LogP contribution is -2.31. The van der Waals surface area contributed by atoms with Gasteiger partial charge in [0.15, 0.2) is 0 Å². The van der Waals surface area contributed by atoms with Crippen LogP contribution in [0.25, 0.3) is 0 Å². The maximum absolute atomic E-state index is 12.1. The first-order valence-electron chi connectivity index (χ1n) is 7.26. The molecule has 0 radical (unpaired) electrons. The van der Waals surface area contributed by atoms with Gasteiger partial charge >= 0.3 is 0 Å². The maximum Gasteiger partial charge on any atom is 0.251 e. The Kier molecular flexibility index (Phi) is 5.46. The Morgan fingerprint density at radius 3 is 2.60 bits per heavy atom. The van der Waals surface area contributed by atoms with E-state index in [0.717, 1.165) is 17.8 Å². The van der Waals surface area contributed by atoms with Gasteiger partial charge in [0.1, 0.15) is 0 Å². The fraction of sp³-hybridized carbons (Fsp3) is 0.562. The van der Waals surface area contributed by atoms with Gasteiger partial charge in [-0.3, -0.25) is 4.79 Å². The molecule has 4 heteroatoms. The first-order valence-corrected chi connectivity index (χ1v) is 8.17. The minimum Gasteiger partial charge on any atom is -0.378 e. The fourth-order valence-corrected chi connectivity index (χ4v) is 3.51. The zero-order valence-electron chi connectivity index (χ0n) is 12.2. The summed E-state index contributed by atoms with van der Waals surface area (Å²) in [6, 6.07) is 7.73. The fourth-order valence-electron chi connectivity index (χ4n) is 2.66. The number of halogens is 1. The van der Waals surface area contributed by atoms with Gasteiger partial charge in [-0.25, -0.2) is 0 Å². The predicted molar refractivity (Wildman–Crippen MR) is 87.8 cm³/mol. The summed E-state index contributed by atoms with van der Waals surface area (Å²) in [6.45, 7) is 0.788. The van der Waals surface area contributed by atoms with Crippen LogP contribution in [0.2, 0.25) is 0 Å². The molecular weight excluding hydrogens is 316 g/mol. The van der Waals surface area contributed by atoms with Crippen molar-refractivity contribution in [1.29, 1.82) is 0 Å². The third kappa shape index (κ3) is 4.23. The molecular formula is C16H23BrN2O. The molecule has 1 saturated carbocycles. The SMILES string of the molecule is CN(C)c1ccc(C(=O)NCC2CCCC(Br)C2)cc1. The van der Waals surface area contributed by atoms with Crippen molar-refractivity contribution in [2.24, 2.45) is 5.92 Å². The lowest BCUT2D eigenvalue weighted by molar-refractivity contribution is 0.0944. The first-order chi connectivity index (χ1) is 9.56. The van der Waals surface area contributed by atoms with E-state index in [1.54, 1.807) is 0 Å². The maximum atomic E-state index is 12.1. The van der Waals surface area contributed by atoms with Crippen molar-refractivity contribution >= 4 is 27.5 Å². The summed E-state index contributed by atoms with van der Waals surface area (Å²) in [7, 11) is 3.99. The molecule has 1 amide bonds. The van der Waals surface area contributed by atoms with E-state index in [9.17, 15) is 4.79 Å². The molecule has 0 heterocycles. The zero-order chi connectivity index (χ0) is 14.5. The molecule has 1 aromatic carbocycles. The van der Waals surface area contributed by atoms with Crippen molar-refractivity contribution in [2.75, 3.05) is 25.5 Å². The predicted octanol–water partition coefficient (Wildman–Crippen LogP) is 3.44. The summed E-state index contributed by atoms with van der Waals surface area (Å²) in [6.07, 6.45) is 4.91. The van der Waals surface area contributed by atoms with E-state index in [2.05, 4.69) is 21.2 Å². The number of rotatable bonds is 4. The van der Waals surface area contributed by atoms with Crippen molar-refractivity contribution in [1.82, 2.24) is 5.32 Å². The molecule has 0 aromatic heterocycles. The Balaban J connectivity index is 1.85. The minimum atomic E-state index is 0.0343. The smallest absolute Gasteiger partial charge is 0.251 e. The summed E-state index contributed by atoms with van der Waals surface area (Å²) in [4.78, 5) is 14.8. The third-order valence-electron chi connectivity index (χ3n) is 3.92. The quantitative estimate of drug-likeness (QED) is 0.853. The van der Waals surface area contributed by atoms with Gasteiger partial charge in [0.25, 0.3) is 5.91 Å². The van der Waals surface area contributed by atoms with Crippen LogP contribution in [0.15, 0.2) is 24.3 Å². The van der Waals surface area contributed by atoms with Gasteiger partial charge in [0.05, 0.1) is 0 Å². The van der Waals surface area contributed by atoms with Gasteiger partial charge in [-0.2, -0.15) is 0 Å². The van der Waals surface area contributed by atoms with E-state index in [1.165, 1.54) is 25.7 Å². The molecule has 1 aliphatic carbocycles. The molecule has 20 heavy (non-hydrogen) atoms. The average Bonchev–Trinajstić information content (AvgIpc) is 2.45. The van der Waals surface area contributed by atoms with Gasteiger partial charge in [0, 0.05) is 36.7 Å². The highest BCUT2D eigenvalue weighted by molar-refractivity contribution is 9.09. The molecule has 0 spiro atoms. The molecule has 1 N–H and O–H groups in total. The van der Waals surface area contributed by atoms with Crippen LogP contribution in [0.3, 0.4) is 0 Å². The van der Waals surface area contributed by atoms with Crippen LogP contribution in [0, 0.1) is 5.92 Å². The van der Waals surface area contributed by atoms with Crippen LogP contribution in [0.1, 0.15) is 36.0 Å². The Bertz CT molecular complexity index is 444. The second kappa shape index (κ2) is 7.11. The highest BCUT2D eigenvalue weighted by Gasteiger charge is 2.20. The lowest BCUT2D eigenvalue weighted by Gasteiger charge is -2.25. The van der Waals surface area contributed by atoms with Crippen LogP contribution in [0.4, 0.5) is 5.69 Å². The highest BCUT2D eigenvalue weighted by atomic mass is 79.9. The molecule has 1 fully saturated rings. The molecule has 2 rings (SSSR count). The van der Waals surface area contributed by atoms with Crippen LogP contribution in [-0.2, 0) is 0 Å². The summed E-state index contributed by atoms with van der Waals surface area (Å²) in [5, 5.41) is 3.06. The number of nitrogens with zero attached hydrogens (tertiary/aromatic N) is 1. The molecule has 110 valence electrons. The topological polar surface area (TPSA) is 32.3 Å². The zero-order valence-corrected chi connectivity index (χ0v) is 13.8. The number of hydrogen-bond donors (Lipinski definition) is 1. The third-order valence-corrected chi connectivity index (χ3v) is 4.75. The van der Waals surface area contributed by atoms with Crippen molar-refractivity contribution in [3.8, 4) is 0 Å². The molecule has 2 unspecified atom stereocenters.